The Kier molecular flexibility index (Phi) is 6.63. The first-order valence-electron chi connectivity index (χ1n) is 11.0. The van der Waals surface area contributed by atoms with Gasteiger partial charge >= 0.3 is 0 Å². The molecule has 1 fully saturated rings. The number of benzene rings is 1. The summed E-state index contributed by atoms with van der Waals surface area (Å²) in [4.78, 5) is 28.4. The molecule has 0 bridgehead atoms. The van der Waals surface area contributed by atoms with Crippen LogP contribution in [-0.2, 0) is 0 Å². The molecule has 2 aromatic heterocycles. The molecular weight excluding hydrogens is 402 g/mol. The van der Waals surface area contributed by atoms with E-state index in [9.17, 15) is 4.79 Å². The quantitative estimate of drug-likeness (QED) is 0.624. The van der Waals surface area contributed by atoms with Crippen molar-refractivity contribution in [3.63, 3.8) is 0 Å². The third-order valence-corrected chi connectivity index (χ3v) is 5.73. The van der Waals surface area contributed by atoms with Gasteiger partial charge in [0.2, 0.25) is 5.95 Å². The van der Waals surface area contributed by atoms with Gasteiger partial charge in [0.1, 0.15) is 5.75 Å². The summed E-state index contributed by atoms with van der Waals surface area (Å²) >= 11 is 0. The molecule has 0 atom stereocenters. The van der Waals surface area contributed by atoms with Crippen LogP contribution >= 0.6 is 0 Å². The Labute approximate surface area is 188 Å². The number of pyridine rings is 1. The van der Waals surface area contributed by atoms with E-state index >= 15 is 0 Å². The molecule has 3 aromatic rings. The van der Waals surface area contributed by atoms with Crippen molar-refractivity contribution >= 4 is 11.9 Å². The number of methoxy groups -OCH3 is 1. The molecule has 0 aliphatic carbocycles. The number of nitrogens with one attached hydrogen (secondary N) is 1. The molecule has 1 N–H and O–H groups in total. The van der Waals surface area contributed by atoms with Crippen molar-refractivity contribution in [3.05, 3.63) is 66.2 Å². The number of amides is 1. The number of likely N-dealkylation sites (tertiary alicyclic amines) is 1. The molecule has 0 unspecified atom stereocenters. The zero-order valence-electron chi connectivity index (χ0n) is 18.8. The van der Waals surface area contributed by atoms with Crippen molar-refractivity contribution in [1.82, 2.24) is 19.9 Å². The van der Waals surface area contributed by atoms with Gasteiger partial charge in [-0.3, -0.25) is 9.78 Å². The number of carbonyl (C=O) groups excluding carboxylic acids is 1. The lowest BCUT2D eigenvalue weighted by Gasteiger charge is -2.32. The largest absolute Gasteiger partial charge is 0.497 e. The van der Waals surface area contributed by atoms with Crippen LogP contribution in [0.1, 0.15) is 48.7 Å². The fourth-order valence-corrected chi connectivity index (χ4v) is 4.06. The average Bonchev–Trinajstić information content (AvgIpc) is 2.84. The SMILES string of the molecule is COc1ccc(C(=O)N2CCC(c3nc(NC(C)C)ncc3-c3ccncc3)CC2)cc1. The van der Waals surface area contributed by atoms with Gasteiger partial charge in [-0.2, -0.15) is 0 Å². The van der Waals surface area contributed by atoms with E-state index in [1.165, 1.54) is 0 Å². The second kappa shape index (κ2) is 9.77. The van der Waals surface area contributed by atoms with Gasteiger partial charge in [0.25, 0.3) is 5.91 Å². The molecule has 4 rings (SSSR count). The van der Waals surface area contributed by atoms with E-state index in [0.717, 1.165) is 35.4 Å². The molecule has 7 nitrogen and oxygen atoms in total. The number of hydrogen-bond acceptors (Lipinski definition) is 6. The van der Waals surface area contributed by atoms with E-state index in [1.54, 1.807) is 19.5 Å². The summed E-state index contributed by atoms with van der Waals surface area (Å²) in [5, 5.41) is 3.31. The smallest absolute Gasteiger partial charge is 0.253 e. The van der Waals surface area contributed by atoms with E-state index in [-0.39, 0.29) is 17.9 Å². The number of carbonyl (C=O) groups is 1. The maximum Gasteiger partial charge on any atom is 0.253 e. The zero-order chi connectivity index (χ0) is 22.5. The minimum atomic E-state index is 0.0605. The summed E-state index contributed by atoms with van der Waals surface area (Å²) in [5.41, 5.74) is 3.81. The molecule has 32 heavy (non-hydrogen) atoms. The van der Waals surface area contributed by atoms with Gasteiger partial charge in [0.05, 0.1) is 12.8 Å². The van der Waals surface area contributed by atoms with Gasteiger partial charge in [0.15, 0.2) is 0 Å². The molecule has 0 saturated carbocycles. The number of nitrogens with zero attached hydrogens (tertiary/aromatic N) is 4. The number of hydrogen-bond donors (Lipinski definition) is 1. The first kappa shape index (κ1) is 21.7. The van der Waals surface area contributed by atoms with Crippen molar-refractivity contribution in [3.8, 4) is 16.9 Å². The molecule has 1 amide bonds. The van der Waals surface area contributed by atoms with Crippen LogP contribution in [0, 0.1) is 0 Å². The van der Waals surface area contributed by atoms with Crippen LogP contribution in [0.2, 0.25) is 0 Å². The lowest BCUT2D eigenvalue weighted by molar-refractivity contribution is 0.0712. The Balaban J connectivity index is 1.53. The Morgan fingerprint density at radius 2 is 1.78 bits per heavy atom. The van der Waals surface area contributed by atoms with Crippen molar-refractivity contribution in [1.29, 1.82) is 0 Å². The summed E-state index contributed by atoms with van der Waals surface area (Å²) in [6, 6.07) is 11.5. The van der Waals surface area contributed by atoms with Crippen LogP contribution < -0.4 is 10.1 Å². The van der Waals surface area contributed by atoms with Crippen LogP contribution in [0.5, 0.6) is 5.75 Å². The van der Waals surface area contributed by atoms with Gasteiger partial charge in [-0.15, -0.1) is 0 Å². The van der Waals surface area contributed by atoms with Crippen LogP contribution in [0.15, 0.2) is 55.0 Å². The second-order valence-corrected chi connectivity index (χ2v) is 8.32. The normalized spacial score (nSPS) is 14.4. The Hall–Kier alpha value is -3.48. The number of ether oxygens (including phenoxy) is 1. The van der Waals surface area contributed by atoms with E-state index in [2.05, 4.69) is 29.1 Å². The molecule has 1 aromatic carbocycles. The van der Waals surface area contributed by atoms with Gasteiger partial charge in [-0.05, 0) is 68.7 Å². The molecule has 1 aliphatic heterocycles. The Morgan fingerprint density at radius 1 is 1.09 bits per heavy atom. The van der Waals surface area contributed by atoms with Crippen LogP contribution in [0.4, 0.5) is 5.95 Å². The monoisotopic (exact) mass is 431 g/mol. The average molecular weight is 432 g/mol. The number of rotatable bonds is 6. The third-order valence-electron chi connectivity index (χ3n) is 5.73. The molecule has 0 spiro atoms. The predicted octanol–water partition coefficient (Wildman–Crippen LogP) is 4.39. The van der Waals surface area contributed by atoms with Crippen molar-refractivity contribution in [2.24, 2.45) is 0 Å². The van der Waals surface area contributed by atoms with E-state index in [4.69, 9.17) is 9.72 Å². The van der Waals surface area contributed by atoms with E-state index < -0.39 is 0 Å². The minimum Gasteiger partial charge on any atom is -0.497 e. The van der Waals surface area contributed by atoms with Crippen molar-refractivity contribution in [2.45, 2.75) is 38.6 Å². The zero-order valence-corrected chi connectivity index (χ0v) is 18.8. The Morgan fingerprint density at radius 3 is 2.41 bits per heavy atom. The summed E-state index contributed by atoms with van der Waals surface area (Å²) in [7, 11) is 1.62. The lowest BCUT2D eigenvalue weighted by atomic mass is 9.89. The van der Waals surface area contributed by atoms with Gasteiger partial charge in [-0.25, -0.2) is 9.97 Å². The van der Waals surface area contributed by atoms with Crippen LogP contribution in [-0.4, -0.2) is 52.0 Å². The number of aromatic nitrogens is 3. The first-order chi connectivity index (χ1) is 15.5. The maximum absolute atomic E-state index is 12.9. The highest BCUT2D eigenvalue weighted by Crippen LogP contribution is 2.34. The molecule has 166 valence electrons. The predicted molar refractivity (Wildman–Crippen MR) is 125 cm³/mol. The van der Waals surface area contributed by atoms with Gasteiger partial charge in [0, 0.05) is 54.8 Å². The topological polar surface area (TPSA) is 80.2 Å². The van der Waals surface area contributed by atoms with Gasteiger partial charge < -0.3 is 15.0 Å². The van der Waals surface area contributed by atoms with Crippen molar-refractivity contribution < 1.29 is 9.53 Å². The standard InChI is InChI=1S/C25H29N5O2/c1-17(2)28-25-27-16-22(18-8-12-26-13-9-18)23(29-25)19-10-14-30(15-11-19)24(31)20-4-6-21(32-3)7-5-20/h4-9,12-13,16-17,19H,10-11,14-15H2,1-3H3,(H,27,28,29). The summed E-state index contributed by atoms with van der Waals surface area (Å²) in [6.07, 6.45) is 7.19. The van der Waals surface area contributed by atoms with Crippen molar-refractivity contribution in [2.75, 3.05) is 25.5 Å². The van der Waals surface area contributed by atoms with Crippen LogP contribution in [0.3, 0.4) is 0 Å². The molecule has 0 radical (unpaired) electrons. The molecule has 7 heteroatoms. The van der Waals surface area contributed by atoms with Crippen LogP contribution in [0.25, 0.3) is 11.1 Å². The molecule has 1 aliphatic rings. The minimum absolute atomic E-state index is 0.0605. The fraction of sp³-hybridized carbons (Fsp3) is 0.360. The second-order valence-electron chi connectivity index (χ2n) is 8.32. The summed E-state index contributed by atoms with van der Waals surface area (Å²) < 4.78 is 5.19. The molecule has 1 saturated heterocycles. The maximum atomic E-state index is 12.9. The highest BCUT2D eigenvalue weighted by atomic mass is 16.5. The highest BCUT2D eigenvalue weighted by Gasteiger charge is 2.28. The van der Waals surface area contributed by atoms with E-state index in [1.807, 2.05) is 47.5 Å². The van der Waals surface area contributed by atoms with Gasteiger partial charge in [-0.1, -0.05) is 0 Å². The Bertz CT molecular complexity index is 1050. The lowest BCUT2D eigenvalue weighted by Crippen LogP contribution is -2.38. The first-order valence-corrected chi connectivity index (χ1v) is 11.0. The summed E-state index contributed by atoms with van der Waals surface area (Å²) in [6.45, 7) is 5.54. The van der Waals surface area contributed by atoms with E-state index in [0.29, 0.717) is 24.6 Å². The number of piperidine rings is 1. The highest BCUT2D eigenvalue weighted by molar-refractivity contribution is 5.94. The number of anilines is 1. The summed E-state index contributed by atoms with van der Waals surface area (Å²) in [5.74, 6) is 1.71. The fourth-order valence-electron chi connectivity index (χ4n) is 4.06. The molecular formula is C25H29N5O2. The molecule has 3 heterocycles. The third kappa shape index (κ3) is 4.88.